The Balaban J connectivity index is 1.48. The molecule has 1 fully saturated rings. The van der Waals surface area contributed by atoms with E-state index in [-0.39, 0.29) is 17.7 Å². The summed E-state index contributed by atoms with van der Waals surface area (Å²) in [4.78, 5) is 26.6. The van der Waals surface area contributed by atoms with E-state index in [1.54, 1.807) is 11.0 Å². The second-order valence-corrected chi connectivity index (χ2v) is 9.20. The van der Waals surface area contributed by atoms with Crippen LogP contribution in [0.5, 0.6) is 0 Å². The number of anilines is 1. The zero-order chi connectivity index (χ0) is 26.8. The van der Waals surface area contributed by atoms with Crippen LogP contribution in [0.2, 0.25) is 5.28 Å². The van der Waals surface area contributed by atoms with Gasteiger partial charge in [-0.25, -0.2) is 4.98 Å². The van der Waals surface area contributed by atoms with Gasteiger partial charge in [-0.05, 0) is 30.0 Å². The number of aromatic nitrogens is 5. The summed E-state index contributed by atoms with van der Waals surface area (Å²) in [7, 11) is 0. The van der Waals surface area contributed by atoms with Gasteiger partial charge in [0.15, 0.2) is 41.2 Å². The number of halogens is 1. The molecule has 0 saturated carbocycles. The number of aliphatic hydroxyl groups is 2. The standard InChI is InChI=1S/C25H27ClN6O6/c1-3-16-11-17(38-30-16)20-21(36-14(2)34)19(35)24(37-20)32-12-27-18-22(28-25(26)29-23(18)32)31(13-33)10-9-15-7-5-4-6-8-15/h4-8,11-12,19-21,24,33,35H,3,9-10,13H2,1-2H3/t19-,20-,21+,24-/m1/s1. The maximum Gasteiger partial charge on any atom is 0.303 e. The summed E-state index contributed by atoms with van der Waals surface area (Å²) >= 11 is 6.29. The van der Waals surface area contributed by atoms with Gasteiger partial charge in [-0.1, -0.05) is 42.4 Å². The molecule has 4 aromatic rings. The summed E-state index contributed by atoms with van der Waals surface area (Å²) in [5.74, 6) is 0.0686. The molecule has 13 heteroatoms. The topological polar surface area (TPSA) is 149 Å². The minimum absolute atomic E-state index is 0.0733. The number of benzene rings is 1. The van der Waals surface area contributed by atoms with Gasteiger partial charge in [0.05, 0.1) is 12.0 Å². The number of hydrogen-bond acceptors (Lipinski definition) is 11. The van der Waals surface area contributed by atoms with Crippen molar-refractivity contribution in [1.82, 2.24) is 24.7 Å². The van der Waals surface area contributed by atoms with E-state index in [2.05, 4.69) is 20.1 Å². The van der Waals surface area contributed by atoms with Crippen LogP contribution in [0.4, 0.5) is 5.82 Å². The van der Waals surface area contributed by atoms with Crippen LogP contribution in [0.15, 0.2) is 47.2 Å². The Morgan fingerprint density at radius 1 is 1.26 bits per heavy atom. The number of rotatable bonds is 9. The predicted octanol–water partition coefficient (Wildman–Crippen LogP) is 2.59. The fourth-order valence-electron chi connectivity index (χ4n) is 4.50. The molecular formula is C25H27ClN6O6. The van der Waals surface area contributed by atoms with Crippen LogP contribution in [-0.4, -0.2) is 66.3 Å². The highest BCUT2D eigenvalue weighted by Crippen LogP contribution is 2.42. The molecule has 2 N–H and O–H groups in total. The van der Waals surface area contributed by atoms with Crippen molar-refractivity contribution in [3.05, 3.63) is 65.0 Å². The van der Waals surface area contributed by atoms with Crippen LogP contribution in [0.3, 0.4) is 0 Å². The molecule has 4 heterocycles. The van der Waals surface area contributed by atoms with Crippen LogP contribution in [-0.2, 0) is 27.1 Å². The van der Waals surface area contributed by atoms with Crippen molar-refractivity contribution in [1.29, 1.82) is 0 Å². The summed E-state index contributed by atoms with van der Waals surface area (Å²) in [6.45, 7) is 3.29. The van der Waals surface area contributed by atoms with Gasteiger partial charge in [-0.15, -0.1) is 0 Å². The van der Waals surface area contributed by atoms with Gasteiger partial charge in [0, 0.05) is 19.5 Å². The third-order valence-electron chi connectivity index (χ3n) is 6.37. The number of ether oxygens (including phenoxy) is 2. The second kappa shape index (κ2) is 11.0. The molecule has 5 rings (SSSR count). The van der Waals surface area contributed by atoms with Gasteiger partial charge in [-0.2, -0.15) is 9.97 Å². The van der Waals surface area contributed by atoms with Crippen LogP contribution in [0.1, 0.15) is 43.2 Å². The number of aryl methyl sites for hydroxylation is 1. The van der Waals surface area contributed by atoms with Gasteiger partial charge < -0.3 is 29.1 Å². The van der Waals surface area contributed by atoms with Crippen molar-refractivity contribution >= 4 is 34.6 Å². The summed E-state index contributed by atoms with van der Waals surface area (Å²) < 4.78 is 18.5. The van der Waals surface area contributed by atoms with Gasteiger partial charge in [-0.3, -0.25) is 9.36 Å². The van der Waals surface area contributed by atoms with Gasteiger partial charge in [0.2, 0.25) is 5.28 Å². The number of carbonyl (C=O) groups excluding carboxylic acids is 1. The molecule has 0 aliphatic carbocycles. The molecule has 0 unspecified atom stereocenters. The molecule has 38 heavy (non-hydrogen) atoms. The van der Waals surface area contributed by atoms with E-state index < -0.39 is 30.5 Å². The summed E-state index contributed by atoms with van der Waals surface area (Å²) in [5, 5.41) is 25.2. The average Bonchev–Trinajstić information content (AvgIpc) is 3.63. The maximum absolute atomic E-state index is 11.8. The highest BCUT2D eigenvalue weighted by molar-refractivity contribution is 6.28. The molecule has 0 bridgehead atoms. The van der Waals surface area contributed by atoms with Crippen LogP contribution < -0.4 is 4.90 Å². The first-order chi connectivity index (χ1) is 18.4. The Morgan fingerprint density at radius 3 is 2.74 bits per heavy atom. The van der Waals surface area contributed by atoms with Crippen molar-refractivity contribution in [2.45, 2.75) is 51.2 Å². The van der Waals surface area contributed by atoms with E-state index in [0.717, 1.165) is 5.56 Å². The lowest BCUT2D eigenvalue weighted by Gasteiger charge is -2.22. The lowest BCUT2D eigenvalue weighted by Crippen LogP contribution is -2.33. The molecule has 1 saturated heterocycles. The Morgan fingerprint density at radius 2 is 2.05 bits per heavy atom. The quantitative estimate of drug-likeness (QED) is 0.182. The van der Waals surface area contributed by atoms with Crippen LogP contribution in [0.25, 0.3) is 11.2 Å². The van der Waals surface area contributed by atoms with Crippen molar-refractivity contribution in [2.24, 2.45) is 0 Å². The van der Waals surface area contributed by atoms with Crippen molar-refractivity contribution in [2.75, 3.05) is 18.2 Å². The van der Waals surface area contributed by atoms with Gasteiger partial charge >= 0.3 is 5.97 Å². The summed E-state index contributed by atoms with van der Waals surface area (Å²) in [6, 6.07) is 11.5. The highest BCUT2D eigenvalue weighted by Gasteiger charge is 2.50. The number of carbonyl (C=O) groups is 1. The molecule has 0 spiro atoms. The molecule has 1 aliphatic heterocycles. The highest BCUT2D eigenvalue weighted by atomic mass is 35.5. The van der Waals surface area contributed by atoms with E-state index >= 15 is 0 Å². The number of aliphatic hydroxyl groups excluding tert-OH is 2. The summed E-state index contributed by atoms with van der Waals surface area (Å²) in [5.41, 5.74) is 2.42. The number of imidazole rings is 1. The molecule has 0 amide bonds. The smallest absolute Gasteiger partial charge is 0.303 e. The number of hydrogen-bond donors (Lipinski definition) is 2. The zero-order valence-corrected chi connectivity index (χ0v) is 21.5. The van der Waals surface area contributed by atoms with E-state index in [1.165, 1.54) is 17.8 Å². The van der Waals surface area contributed by atoms with E-state index in [1.807, 2.05) is 37.3 Å². The molecule has 200 valence electrons. The average molecular weight is 543 g/mol. The first-order valence-corrected chi connectivity index (χ1v) is 12.5. The van der Waals surface area contributed by atoms with E-state index in [9.17, 15) is 15.0 Å². The minimum atomic E-state index is -1.29. The van der Waals surface area contributed by atoms with Gasteiger partial charge in [0.1, 0.15) is 12.8 Å². The minimum Gasteiger partial charge on any atom is -0.456 e. The Hall–Kier alpha value is -3.58. The number of esters is 1. The molecule has 1 aromatic carbocycles. The lowest BCUT2D eigenvalue weighted by atomic mass is 10.1. The maximum atomic E-state index is 11.8. The molecule has 3 aromatic heterocycles. The van der Waals surface area contributed by atoms with E-state index in [4.69, 9.17) is 25.6 Å². The molecule has 12 nitrogen and oxygen atoms in total. The fourth-order valence-corrected chi connectivity index (χ4v) is 4.66. The van der Waals surface area contributed by atoms with Crippen LogP contribution in [0, 0.1) is 0 Å². The van der Waals surface area contributed by atoms with Crippen molar-refractivity contribution in [3.8, 4) is 0 Å². The first-order valence-electron chi connectivity index (χ1n) is 12.2. The monoisotopic (exact) mass is 542 g/mol. The Kier molecular flexibility index (Phi) is 7.56. The number of nitrogens with zero attached hydrogens (tertiary/aromatic N) is 6. The Bertz CT molecular complexity index is 1410. The summed E-state index contributed by atoms with van der Waals surface area (Å²) in [6.07, 6.45) is -1.60. The number of fused-ring (bicyclic) bond motifs is 1. The van der Waals surface area contributed by atoms with E-state index in [0.29, 0.717) is 42.2 Å². The molecule has 1 aliphatic rings. The lowest BCUT2D eigenvalue weighted by molar-refractivity contribution is -0.153. The second-order valence-electron chi connectivity index (χ2n) is 8.87. The molecule has 4 atom stereocenters. The molecular weight excluding hydrogens is 516 g/mol. The fraction of sp³-hybridized carbons (Fsp3) is 0.400. The third kappa shape index (κ3) is 5.07. The van der Waals surface area contributed by atoms with Gasteiger partial charge in [0.25, 0.3) is 0 Å². The third-order valence-corrected chi connectivity index (χ3v) is 6.54. The largest absolute Gasteiger partial charge is 0.456 e. The zero-order valence-electron chi connectivity index (χ0n) is 20.8. The SMILES string of the molecule is CCc1cc([C@H]2O[C@@H](n3cnc4c(N(CO)CCc5ccccc5)nc(Cl)nc43)[C@H](O)[C@@H]2OC(C)=O)on1. The van der Waals surface area contributed by atoms with Crippen molar-refractivity contribution in [3.63, 3.8) is 0 Å². The van der Waals surface area contributed by atoms with Crippen LogP contribution >= 0.6 is 11.6 Å². The Labute approximate surface area is 222 Å². The first kappa shape index (κ1) is 26.0. The van der Waals surface area contributed by atoms with Crippen molar-refractivity contribution < 1.29 is 29.0 Å². The predicted molar refractivity (Wildman–Crippen MR) is 135 cm³/mol. The normalized spacial score (nSPS) is 21.2. The molecule has 0 radical (unpaired) electrons.